The molecule has 0 radical (unpaired) electrons. The molecule has 0 aliphatic rings. The first-order chi connectivity index (χ1) is 7.58. The molecule has 2 aromatic heterocycles. The number of rotatable bonds is 2. The van der Waals surface area contributed by atoms with E-state index in [2.05, 4.69) is 10.1 Å². The van der Waals surface area contributed by atoms with Gasteiger partial charge in [-0.15, -0.1) is 0 Å². The maximum atomic E-state index is 10.8. The van der Waals surface area contributed by atoms with Crippen molar-refractivity contribution in [1.29, 1.82) is 0 Å². The minimum absolute atomic E-state index is 0.215. The van der Waals surface area contributed by atoms with Crippen LogP contribution in [0.5, 0.6) is 0 Å². The SMILES string of the molecule is Cc1ccn(-c2ccc(C(=O)O)c(C)n2)n1. The Morgan fingerprint density at radius 3 is 2.56 bits per heavy atom. The van der Waals surface area contributed by atoms with Crippen LogP contribution in [-0.4, -0.2) is 25.8 Å². The van der Waals surface area contributed by atoms with Gasteiger partial charge in [-0.05, 0) is 32.0 Å². The molecular formula is C11H11N3O2. The molecule has 0 bridgehead atoms. The average molecular weight is 217 g/mol. The average Bonchev–Trinajstić information content (AvgIpc) is 2.64. The first-order valence-electron chi connectivity index (χ1n) is 4.81. The van der Waals surface area contributed by atoms with Crippen LogP contribution in [0.3, 0.4) is 0 Å². The summed E-state index contributed by atoms with van der Waals surface area (Å²) in [4.78, 5) is 15.0. The normalized spacial score (nSPS) is 10.4. The Morgan fingerprint density at radius 2 is 2.06 bits per heavy atom. The van der Waals surface area contributed by atoms with E-state index in [0.29, 0.717) is 11.5 Å². The van der Waals surface area contributed by atoms with E-state index in [0.717, 1.165) is 5.69 Å². The molecule has 0 aliphatic heterocycles. The zero-order chi connectivity index (χ0) is 11.7. The minimum Gasteiger partial charge on any atom is -0.478 e. The highest BCUT2D eigenvalue weighted by atomic mass is 16.4. The van der Waals surface area contributed by atoms with E-state index in [1.54, 1.807) is 23.9 Å². The fraction of sp³-hybridized carbons (Fsp3) is 0.182. The highest BCUT2D eigenvalue weighted by Crippen LogP contribution is 2.10. The monoisotopic (exact) mass is 217 g/mol. The Hall–Kier alpha value is -2.17. The number of hydrogen-bond acceptors (Lipinski definition) is 3. The van der Waals surface area contributed by atoms with Gasteiger partial charge in [0, 0.05) is 6.20 Å². The van der Waals surface area contributed by atoms with E-state index in [4.69, 9.17) is 5.11 Å². The van der Waals surface area contributed by atoms with Crippen LogP contribution >= 0.6 is 0 Å². The number of carboxylic acids is 1. The molecule has 5 heteroatoms. The number of pyridine rings is 1. The zero-order valence-corrected chi connectivity index (χ0v) is 9.01. The first kappa shape index (κ1) is 10.4. The van der Waals surface area contributed by atoms with E-state index in [9.17, 15) is 4.79 Å². The molecule has 2 rings (SSSR count). The molecular weight excluding hydrogens is 206 g/mol. The third kappa shape index (κ3) is 1.79. The first-order valence-corrected chi connectivity index (χ1v) is 4.81. The largest absolute Gasteiger partial charge is 0.478 e. The van der Waals surface area contributed by atoms with Crippen molar-refractivity contribution >= 4 is 5.97 Å². The van der Waals surface area contributed by atoms with Crippen molar-refractivity contribution in [2.75, 3.05) is 0 Å². The molecule has 0 aromatic carbocycles. The van der Waals surface area contributed by atoms with Crippen LogP contribution in [0, 0.1) is 13.8 Å². The molecule has 0 saturated carbocycles. The van der Waals surface area contributed by atoms with Gasteiger partial charge in [-0.25, -0.2) is 14.5 Å². The second kappa shape index (κ2) is 3.77. The molecule has 0 amide bonds. The van der Waals surface area contributed by atoms with E-state index in [1.165, 1.54) is 6.07 Å². The lowest BCUT2D eigenvalue weighted by atomic mass is 10.2. The highest BCUT2D eigenvalue weighted by molar-refractivity contribution is 5.88. The molecule has 2 heterocycles. The van der Waals surface area contributed by atoms with Crippen LogP contribution in [-0.2, 0) is 0 Å². The Kier molecular flexibility index (Phi) is 2.44. The van der Waals surface area contributed by atoms with Crippen LogP contribution < -0.4 is 0 Å². The number of aromatic carboxylic acids is 1. The van der Waals surface area contributed by atoms with Gasteiger partial charge in [0.1, 0.15) is 0 Å². The van der Waals surface area contributed by atoms with E-state index >= 15 is 0 Å². The Balaban J connectivity index is 2.45. The molecule has 82 valence electrons. The van der Waals surface area contributed by atoms with Crippen molar-refractivity contribution in [2.45, 2.75) is 13.8 Å². The van der Waals surface area contributed by atoms with Gasteiger partial charge in [0.25, 0.3) is 0 Å². The third-order valence-electron chi connectivity index (χ3n) is 2.26. The summed E-state index contributed by atoms with van der Waals surface area (Å²) < 4.78 is 1.62. The molecule has 16 heavy (non-hydrogen) atoms. The van der Waals surface area contributed by atoms with Crippen molar-refractivity contribution in [3.8, 4) is 5.82 Å². The predicted molar refractivity (Wildman–Crippen MR) is 57.8 cm³/mol. The summed E-state index contributed by atoms with van der Waals surface area (Å²) in [5.41, 5.74) is 1.59. The summed E-state index contributed by atoms with van der Waals surface area (Å²) in [5.74, 6) is -0.344. The number of carboxylic acid groups (broad SMARTS) is 1. The maximum Gasteiger partial charge on any atom is 0.337 e. The van der Waals surface area contributed by atoms with Crippen molar-refractivity contribution in [1.82, 2.24) is 14.8 Å². The quantitative estimate of drug-likeness (QED) is 0.829. The van der Waals surface area contributed by atoms with Crippen LogP contribution in [0.15, 0.2) is 24.4 Å². The molecule has 0 saturated heterocycles. The molecule has 0 spiro atoms. The van der Waals surface area contributed by atoms with Crippen molar-refractivity contribution in [2.24, 2.45) is 0 Å². The Morgan fingerprint density at radius 1 is 1.31 bits per heavy atom. The van der Waals surface area contributed by atoms with E-state index in [1.807, 2.05) is 13.0 Å². The van der Waals surface area contributed by atoms with Gasteiger partial charge in [-0.2, -0.15) is 5.10 Å². The minimum atomic E-state index is -0.965. The Labute approximate surface area is 92.4 Å². The number of carbonyl (C=O) groups is 1. The summed E-state index contributed by atoms with van der Waals surface area (Å²) in [7, 11) is 0. The van der Waals surface area contributed by atoms with Crippen LogP contribution in [0.25, 0.3) is 5.82 Å². The van der Waals surface area contributed by atoms with Gasteiger partial charge >= 0.3 is 5.97 Å². The zero-order valence-electron chi connectivity index (χ0n) is 9.01. The number of aromatic nitrogens is 3. The molecule has 2 aromatic rings. The van der Waals surface area contributed by atoms with Gasteiger partial charge in [0.05, 0.1) is 17.0 Å². The van der Waals surface area contributed by atoms with Crippen molar-refractivity contribution < 1.29 is 9.90 Å². The number of aryl methyl sites for hydroxylation is 2. The summed E-state index contributed by atoms with van der Waals surface area (Å²) in [6.45, 7) is 3.55. The highest BCUT2D eigenvalue weighted by Gasteiger charge is 2.09. The molecule has 1 N–H and O–H groups in total. The Bertz CT molecular complexity index is 546. The second-order valence-electron chi connectivity index (χ2n) is 3.51. The number of hydrogen-bond donors (Lipinski definition) is 1. The topological polar surface area (TPSA) is 68.0 Å². The predicted octanol–water partition coefficient (Wildman–Crippen LogP) is 1.58. The van der Waals surface area contributed by atoms with E-state index in [-0.39, 0.29) is 5.56 Å². The van der Waals surface area contributed by atoms with Crippen LogP contribution in [0.1, 0.15) is 21.7 Å². The third-order valence-corrected chi connectivity index (χ3v) is 2.26. The lowest BCUT2D eigenvalue weighted by Crippen LogP contribution is -2.05. The van der Waals surface area contributed by atoms with Gasteiger partial charge in [0.15, 0.2) is 5.82 Å². The van der Waals surface area contributed by atoms with E-state index < -0.39 is 5.97 Å². The second-order valence-corrected chi connectivity index (χ2v) is 3.51. The molecule has 0 unspecified atom stereocenters. The van der Waals surface area contributed by atoms with Crippen LogP contribution in [0.2, 0.25) is 0 Å². The van der Waals surface area contributed by atoms with Crippen LogP contribution in [0.4, 0.5) is 0 Å². The van der Waals surface area contributed by atoms with Crippen molar-refractivity contribution in [3.63, 3.8) is 0 Å². The molecule has 0 aliphatic carbocycles. The van der Waals surface area contributed by atoms with Gasteiger partial charge < -0.3 is 5.11 Å². The lowest BCUT2D eigenvalue weighted by Gasteiger charge is -2.04. The molecule has 0 atom stereocenters. The summed E-state index contributed by atoms with van der Waals surface area (Å²) in [6, 6.07) is 5.04. The van der Waals surface area contributed by atoms with Gasteiger partial charge in [-0.1, -0.05) is 0 Å². The molecule has 0 fully saturated rings. The van der Waals surface area contributed by atoms with Gasteiger partial charge in [0.2, 0.25) is 0 Å². The number of nitrogens with zero attached hydrogens (tertiary/aromatic N) is 3. The summed E-state index contributed by atoms with van der Waals surface area (Å²) in [6.07, 6.45) is 1.79. The standard InChI is InChI=1S/C11H11N3O2/c1-7-5-6-14(13-7)10-4-3-9(11(15)16)8(2)12-10/h3-6H,1-2H3,(H,15,16). The smallest absolute Gasteiger partial charge is 0.337 e. The fourth-order valence-corrected chi connectivity index (χ4v) is 1.44. The maximum absolute atomic E-state index is 10.8. The summed E-state index contributed by atoms with van der Waals surface area (Å²) >= 11 is 0. The fourth-order valence-electron chi connectivity index (χ4n) is 1.44. The lowest BCUT2D eigenvalue weighted by molar-refractivity contribution is 0.0695. The summed E-state index contributed by atoms with van der Waals surface area (Å²) in [5, 5.41) is 13.1. The van der Waals surface area contributed by atoms with Gasteiger partial charge in [-0.3, -0.25) is 0 Å². The molecule has 5 nitrogen and oxygen atoms in total. The van der Waals surface area contributed by atoms with Crippen molar-refractivity contribution in [3.05, 3.63) is 41.3 Å².